The predicted octanol–water partition coefficient (Wildman–Crippen LogP) is 4.48. The number of hydrogen-bond donors (Lipinski definition) is 1. The van der Waals surface area contributed by atoms with Crippen LogP contribution in [0.5, 0.6) is 0 Å². The van der Waals surface area contributed by atoms with Crippen molar-refractivity contribution in [2.75, 3.05) is 20.3 Å². The van der Waals surface area contributed by atoms with Gasteiger partial charge in [-0.15, -0.1) is 11.3 Å². The Hall–Kier alpha value is -2.93. The fraction of sp³-hybridized carbons (Fsp3) is 0.308. The Bertz CT molecular complexity index is 1440. The molecule has 0 spiro atoms. The number of sulfonamides is 1. The molecule has 194 valence electrons. The molecule has 37 heavy (non-hydrogen) atoms. The average Bonchev–Trinajstić information content (AvgIpc) is 3.57. The van der Waals surface area contributed by atoms with Crippen LogP contribution in [0.4, 0.5) is 0 Å². The summed E-state index contributed by atoms with van der Waals surface area (Å²) in [5.74, 6) is 0.917. The molecule has 0 amide bonds. The number of nitrogens with two attached hydrogens (primary N) is 1. The molecule has 11 heteroatoms. The minimum absolute atomic E-state index is 0.0271. The smallest absolute Gasteiger partial charge is 0.238 e. The van der Waals surface area contributed by atoms with Crippen molar-refractivity contribution >= 4 is 21.4 Å². The molecule has 0 radical (unpaired) electrons. The first-order valence-electron chi connectivity index (χ1n) is 11.7. The van der Waals surface area contributed by atoms with E-state index >= 15 is 0 Å². The highest BCUT2D eigenvalue weighted by atomic mass is 32.2. The Morgan fingerprint density at radius 3 is 2.41 bits per heavy atom. The first-order chi connectivity index (χ1) is 17.9. The van der Waals surface area contributed by atoms with Gasteiger partial charge in [0, 0.05) is 49.7 Å². The standard InChI is InChI=1S/C26H27N3O6S2/c1-32-26(11-13-33-14-12-26)25-28-20(17-36-25)15-34-16-22-29-23(18-5-3-2-4-6-18)24(35-22)19-7-9-21(10-8-19)37(27,30)31/h2-10,17H,11-16H2,1H3,(H2,27,30,31). The number of oxazole rings is 1. The largest absolute Gasteiger partial charge is 0.437 e. The number of ether oxygens (including phenoxy) is 3. The van der Waals surface area contributed by atoms with Gasteiger partial charge in [0.2, 0.25) is 15.9 Å². The molecular weight excluding hydrogens is 514 g/mol. The van der Waals surface area contributed by atoms with E-state index in [4.69, 9.17) is 28.8 Å². The van der Waals surface area contributed by atoms with Crippen LogP contribution in [0, 0.1) is 0 Å². The van der Waals surface area contributed by atoms with Crippen LogP contribution >= 0.6 is 11.3 Å². The van der Waals surface area contributed by atoms with Gasteiger partial charge in [-0.25, -0.2) is 23.5 Å². The Morgan fingerprint density at radius 2 is 1.73 bits per heavy atom. The minimum Gasteiger partial charge on any atom is -0.437 e. The normalized spacial score (nSPS) is 15.6. The Labute approximate surface area is 219 Å². The zero-order chi connectivity index (χ0) is 25.9. The minimum atomic E-state index is -3.79. The highest BCUT2D eigenvalue weighted by Crippen LogP contribution is 2.37. The summed E-state index contributed by atoms with van der Waals surface area (Å²) in [5, 5.41) is 8.15. The summed E-state index contributed by atoms with van der Waals surface area (Å²) in [6.07, 6.45) is 1.55. The second-order valence-corrected chi connectivity index (χ2v) is 11.1. The van der Waals surface area contributed by atoms with E-state index in [1.807, 2.05) is 35.7 Å². The van der Waals surface area contributed by atoms with Crippen molar-refractivity contribution in [1.82, 2.24) is 9.97 Å². The number of hydrogen-bond acceptors (Lipinski definition) is 9. The zero-order valence-electron chi connectivity index (χ0n) is 20.3. The molecule has 4 aromatic rings. The van der Waals surface area contributed by atoms with Crippen LogP contribution in [0.2, 0.25) is 0 Å². The van der Waals surface area contributed by atoms with Gasteiger partial charge < -0.3 is 18.6 Å². The van der Waals surface area contributed by atoms with Crippen molar-refractivity contribution in [3.05, 3.63) is 76.6 Å². The van der Waals surface area contributed by atoms with E-state index in [9.17, 15) is 8.42 Å². The van der Waals surface area contributed by atoms with Crippen LogP contribution in [0.25, 0.3) is 22.6 Å². The van der Waals surface area contributed by atoms with Crippen LogP contribution in [-0.2, 0) is 43.0 Å². The third kappa shape index (κ3) is 5.66. The highest BCUT2D eigenvalue weighted by molar-refractivity contribution is 7.89. The first kappa shape index (κ1) is 25.7. The fourth-order valence-electron chi connectivity index (χ4n) is 4.24. The van der Waals surface area contributed by atoms with Gasteiger partial charge in [-0.1, -0.05) is 30.3 Å². The fourth-order valence-corrected chi connectivity index (χ4v) is 5.80. The Kier molecular flexibility index (Phi) is 7.52. The first-order valence-corrected chi connectivity index (χ1v) is 14.1. The molecule has 2 aromatic heterocycles. The predicted molar refractivity (Wildman–Crippen MR) is 138 cm³/mol. The number of benzene rings is 2. The molecular formula is C26H27N3O6S2. The van der Waals surface area contributed by atoms with E-state index in [-0.39, 0.29) is 11.5 Å². The number of aromatic nitrogens is 2. The summed E-state index contributed by atoms with van der Waals surface area (Å²) in [6.45, 7) is 1.75. The van der Waals surface area contributed by atoms with Crippen LogP contribution < -0.4 is 5.14 Å². The highest BCUT2D eigenvalue weighted by Gasteiger charge is 2.37. The van der Waals surface area contributed by atoms with Gasteiger partial charge in [0.1, 0.15) is 22.9 Å². The molecule has 0 atom stereocenters. The molecule has 9 nitrogen and oxygen atoms in total. The summed E-state index contributed by atoms with van der Waals surface area (Å²) in [7, 11) is -2.08. The van der Waals surface area contributed by atoms with E-state index in [1.165, 1.54) is 12.1 Å². The summed E-state index contributed by atoms with van der Waals surface area (Å²) >= 11 is 1.57. The van der Waals surface area contributed by atoms with Crippen molar-refractivity contribution in [2.45, 2.75) is 36.6 Å². The second-order valence-electron chi connectivity index (χ2n) is 8.67. The molecule has 1 aliphatic rings. The van der Waals surface area contributed by atoms with Crippen LogP contribution in [0.3, 0.4) is 0 Å². The van der Waals surface area contributed by atoms with Gasteiger partial charge in [0.15, 0.2) is 5.76 Å². The molecule has 2 N–H and O–H groups in total. The SMILES string of the molecule is COC1(c2nc(COCc3nc(-c4ccccc4)c(-c4ccc(S(N)(=O)=O)cc4)o3)cs2)CCOCC1. The van der Waals surface area contributed by atoms with Crippen molar-refractivity contribution in [3.63, 3.8) is 0 Å². The monoisotopic (exact) mass is 541 g/mol. The topological polar surface area (TPSA) is 127 Å². The quantitative estimate of drug-likeness (QED) is 0.329. The molecule has 1 fully saturated rings. The van der Waals surface area contributed by atoms with E-state index in [2.05, 4.69) is 4.98 Å². The van der Waals surface area contributed by atoms with E-state index in [1.54, 1.807) is 30.6 Å². The van der Waals surface area contributed by atoms with Crippen LogP contribution in [0.15, 0.2) is 69.3 Å². The van der Waals surface area contributed by atoms with Gasteiger partial charge in [-0.2, -0.15) is 0 Å². The second kappa shape index (κ2) is 10.8. The lowest BCUT2D eigenvalue weighted by atomic mass is 9.95. The van der Waals surface area contributed by atoms with Gasteiger partial charge in [0.25, 0.3) is 0 Å². The lowest BCUT2D eigenvalue weighted by Crippen LogP contribution is -2.35. The molecule has 0 bridgehead atoms. The maximum Gasteiger partial charge on any atom is 0.238 e. The van der Waals surface area contributed by atoms with Crippen molar-refractivity contribution in [2.24, 2.45) is 5.14 Å². The van der Waals surface area contributed by atoms with Gasteiger partial charge in [0.05, 0.1) is 17.2 Å². The molecule has 0 unspecified atom stereocenters. The van der Waals surface area contributed by atoms with Crippen molar-refractivity contribution in [1.29, 1.82) is 0 Å². The van der Waals surface area contributed by atoms with E-state index in [0.29, 0.717) is 42.7 Å². The molecule has 3 heterocycles. The van der Waals surface area contributed by atoms with E-state index < -0.39 is 15.6 Å². The third-order valence-corrected chi connectivity index (χ3v) is 8.28. The third-order valence-electron chi connectivity index (χ3n) is 6.27. The van der Waals surface area contributed by atoms with Gasteiger partial charge in [-0.3, -0.25) is 0 Å². The average molecular weight is 542 g/mol. The Morgan fingerprint density at radius 1 is 1.00 bits per heavy atom. The number of rotatable bonds is 9. The number of primary sulfonamides is 1. The summed E-state index contributed by atoms with van der Waals surface area (Å²) in [5.41, 5.74) is 2.60. The van der Waals surface area contributed by atoms with Gasteiger partial charge in [-0.05, 0) is 24.3 Å². The number of methoxy groups -OCH3 is 1. The van der Waals surface area contributed by atoms with Crippen molar-refractivity contribution < 1.29 is 27.0 Å². The summed E-state index contributed by atoms with van der Waals surface area (Å²) < 4.78 is 46.6. The van der Waals surface area contributed by atoms with Gasteiger partial charge >= 0.3 is 0 Å². The molecule has 0 saturated carbocycles. The Balaban J connectivity index is 1.33. The zero-order valence-corrected chi connectivity index (χ0v) is 21.9. The maximum absolute atomic E-state index is 11.6. The van der Waals surface area contributed by atoms with Crippen LogP contribution in [0.1, 0.15) is 29.4 Å². The molecule has 1 aliphatic heterocycles. The maximum atomic E-state index is 11.6. The molecule has 5 rings (SSSR count). The molecule has 1 saturated heterocycles. The summed E-state index contributed by atoms with van der Waals surface area (Å²) in [6, 6.07) is 15.8. The van der Waals surface area contributed by atoms with Crippen molar-refractivity contribution in [3.8, 4) is 22.6 Å². The molecule has 0 aliphatic carbocycles. The lowest BCUT2D eigenvalue weighted by Gasteiger charge is -2.33. The van der Waals surface area contributed by atoms with Crippen LogP contribution in [-0.4, -0.2) is 38.7 Å². The molecule has 2 aromatic carbocycles. The number of nitrogens with zero attached hydrogens (tertiary/aromatic N) is 2. The van der Waals surface area contributed by atoms with E-state index in [0.717, 1.165) is 29.1 Å². The number of thiazole rings is 1. The summed E-state index contributed by atoms with van der Waals surface area (Å²) in [4.78, 5) is 9.46. The lowest BCUT2D eigenvalue weighted by molar-refractivity contribution is -0.0949.